The average molecular weight is 354 g/mol. The van der Waals surface area contributed by atoms with Gasteiger partial charge in [0.25, 0.3) is 0 Å². The van der Waals surface area contributed by atoms with Crippen molar-refractivity contribution in [1.29, 1.82) is 0 Å². The van der Waals surface area contributed by atoms with Crippen LogP contribution in [0.15, 0.2) is 54.6 Å². The van der Waals surface area contributed by atoms with E-state index >= 15 is 0 Å². The van der Waals surface area contributed by atoms with Crippen molar-refractivity contribution in [1.82, 2.24) is 0 Å². The van der Waals surface area contributed by atoms with Crippen molar-refractivity contribution in [2.45, 2.75) is 33.1 Å². The molecule has 0 nitrogen and oxygen atoms in total. The fourth-order valence-corrected chi connectivity index (χ4v) is 3.03. The van der Waals surface area contributed by atoms with Crippen molar-refractivity contribution in [2.24, 2.45) is 0 Å². The maximum Gasteiger partial charge on any atom is 0.136 e. The van der Waals surface area contributed by atoms with Crippen molar-refractivity contribution in [2.75, 3.05) is 0 Å². The lowest BCUT2D eigenvalue weighted by molar-refractivity contribution is 0.570. The molecule has 0 aliphatic heterocycles. The molecule has 0 fully saturated rings. The first-order chi connectivity index (χ1) is 12.5. The van der Waals surface area contributed by atoms with E-state index in [2.05, 4.69) is 6.92 Å². The Bertz CT molecular complexity index is 911. The van der Waals surface area contributed by atoms with Crippen LogP contribution in [0.4, 0.5) is 13.2 Å². The minimum Gasteiger partial charge on any atom is -0.207 e. The Morgan fingerprint density at radius 3 is 2.04 bits per heavy atom. The number of rotatable bonds is 5. The standard InChI is InChI=1S/C23H21F3/c1-3-4-5-16-6-8-17(9-7-16)19-11-10-18(14-22(19)25)20-12-13-21(24)15(2)23(20)26/h6-14H,3-5H2,1-2H3. The van der Waals surface area contributed by atoms with E-state index in [4.69, 9.17) is 0 Å². The normalized spacial score (nSPS) is 11.0. The molecule has 0 atom stereocenters. The van der Waals surface area contributed by atoms with Crippen LogP contribution in [0.3, 0.4) is 0 Å². The molecule has 0 aliphatic rings. The summed E-state index contributed by atoms with van der Waals surface area (Å²) in [6.45, 7) is 3.52. The van der Waals surface area contributed by atoms with Gasteiger partial charge >= 0.3 is 0 Å². The molecule has 0 heterocycles. The zero-order valence-corrected chi connectivity index (χ0v) is 15.0. The molecule has 3 aromatic rings. The number of aryl methyl sites for hydroxylation is 1. The van der Waals surface area contributed by atoms with Gasteiger partial charge in [-0.15, -0.1) is 0 Å². The van der Waals surface area contributed by atoms with Crippen molar-refractivity contribution in [3.05, 3.63) is 83.2 Å². The van der Waals surface area contributed by atoms with Crippen molar-refractivity contribution in [3.63, 3.8) is 0 Å². The summed E-state index contributed by atoms with van der Waals surface area (Å²) >= 11 is 0. The smallest absolute Gasteiger partial charge is 0.136 e. The number of benzene rings is 3. The average Bonchev–Trinajstić information content (AvgIpc) is 2.65. The molecule has 0 aromatic heterocycles. The van der Waals surface area contributed by atoms with E-state index in [1.54, 1.807) is 12.1 Å². The predicted octanol–water partition coefficient (Wildman–Crippen LogP) is 7.09. The van der Waals surface area contributed by atoms with Crippen molar-refractivity contribution in [3.8, 4) is 22.3 Å². The summed E-state index contributed by atoms with van der Waals surface area (Å²) in [5.41, 5.74) is 3.02. The molecule has 134 valence electrons. The van der Waals surface area contributed by atoms with Crippen LogP contribution in [-0.4, -0.2) is 0 Å². The Kier molecular flexibility index (Phi) is 5.46. The van der Waals surface area contributed by atoms with Crippen LogP contribution in [0.2, 0.25) is 0 Å². The van der Waals surface area contributed by atoms with E-state index in [0.717, 1.165) is 24.8 Å². The fraction of sp³-hybridized carbons (Fsp3) is 0.217. The van der Waals surface area contributed by atoms with E-state index in [0.29, 0.717) is 11.1 Å². The third kappa shape index (κ3) is 3.67. The van der Waals surface area contributed by atoms with Crippen molar-refractivity contribution < 1.29 is 13.2 Å². The van der Waals surface area contributed by atoms with Gasteiger partial charge in [0.05, 0.1) is 0 Å². The van der Waals surface area contributed by atoms with Crippen molar-refractivity contribution >= 4 is 0 Å². The molecule has 0 spiro atoms. The summed E-state index contributed by atoms with van der Waals surface area (Å²) in [7, 11) is 0. The van der Waals surface area contributed by atoms with Crippen LogP contribution in [0.25, 0.3) is 22.3 Å². The lowest BCUT2D eigenvalue weighted by Gasteiger charge is -2.10. The van der Waals surface area contributed by atoms with Crippen LogP contribution >= 0.6 is 0 Å². The molecule has 0 bridgehead atoms. The second-order valence-corrected chi connectivity index (χ2v) is 6.53. The number of hydrogen-bond acceptors (Lipinski definition) is 0. The highest BCUT2D eigenvalue weighted by atomic mass is 19.1. The van der Waals surface area contributed by atoms with Gasteiger partial charge in [-0.25, -0.2) is 13.2 Å². The molecule has 0 saturated heterocycles. The quantitative estimate of drug-likeness (QED) is 0.459. The van der Waals surface area contributed by atoms with Crippen LogP contribution in [-0.2, 0) is 6.42 Å². The molecule has 3 heteroatoms. The van der Waals surface area contributed by atoms with Gasteiger partial charge in [0.15, 0.2) is 0 Å². The molecule has 3 rings (SSSR count). The Hall–Kier alpha value is -2.55. The minimum atomic E-state index is -0.655. The van der Waals surface area contributed by atoms with E-state index < -0.39 is 17.5 Å². The number of hydrogen-bond donors (Lipinski definition) is 0. The van der Waals surface area contributed by atoms with E-state index in [-0.39, 0.29) is 11.1 Å². The Morgan fingerprint density at radius 1 is 0.731 bits per heavy atom. The first-order valence-corrected chi connectivity index (χ1v) is 8.85. The maximum absolute atomic E-state index is 14.6. The van der Waals surface area contributed by atoms with E-state index in [1.807, 2.05) is 24.3 Å². The number of unbranched alkanes of at least 4 members (excludes halogenated alkanes) is 1. The van der Waals surface area contributed by atoms with Crippen LogP contribution in [0.5, 0.6) is 0 Å². The molecule has 0 N–H and O–H groups in total. The highest BCUT2D eigenvalue weighted by molar-refractivity contribution is 5.72. The second-order valence-electron chi connectivity index (χ2n) is 6.53. The maximum atomic E-state index is 14.6. The third-order valence-electron chi connectivity index (χ3n) is 4.68. The van der Waals surface area contributed by atoms with Gasteiger partial charge < -0.3 is 0 Å². The predicted molar refractivity (Wildman–Crippen MR) is 101 cm³/mol. The van der Waals surface area contributed by atoms with Gasteiger partial charge in [0.1, 0.15) is 17.5 Å². The summed E-state index contributed by atoms with van der Waals surface area (Å²) < 4.78 is 42.4. The Labute approximate surface area is 152 Å². The minimum absolute atomic E-state index is 0.0605. The molecular weight excluding hydrogens is 333 g/mol. The highest BCUT2D eigenvalue weighted by Gasteiger charge is 2.14. The molecule has 3 aromatic carbocycles. The first kappa shape index (κ1) is 18.2. The molecule has 0 radical (unpaired) electrons. The largest absolute Gasteiger partial charge is 0.207 e. The third-order valence-corrected chi connectivity index (χ3v) is 4.68. The van der Waals surface area contributed by atoms with Gasteiger partial charge in [-0.2, -0.15) is 0 Å². The molecular formula is C23H21F3. The van der Waals surface area contributed by atoms with E-state index in [9.17, 15) is 13.2 Å². The zero-order valence-electron chi connectivity index (χ0n) is 15.0. The molecule has 0 saturated carbocycles. The first-order valence-electron chi connectivity index (χ1n) is 8.85. The van der Waals surface area contributed by atoms with Gasteiger partial charge in [-0.1, -0.05) is 49.7 Å². The SMILES string of the molecule is CCCCc1ccc(-c2ccc(-c3ccc(F)c(C)c3F)cc2F)cc1. The summed E-state index contributed by atoms with van der Waals surface area (Å²) in [5.74, 6) is -1.69. The molecule has 0 amide bonds. The monoisotopic (exact) mass is 354 g/mol. The van der Waals surface area contributed by atoms with Crippen LogP contribution in [0, 0.1) is 24.4 Å². The fourth-order valence-electron chi connectivity index (χ4n) is 3.03. The lowest BCUT2D eigenvalue weighted by Crippen LogP contribution is -1.94. The second kappa shape index (κ2) is 7.77. The summed E-state index contributed by atoms with van der Waals surface area (Å²) in [6.07, 6.45) is 3.28. The summed E-state index contributed by atoms with van der Waals surface area (Å²) in [5, 5.41) is 0. The van der Waals surface area contributed by atoms with Gasteiger partial charge in [-0.3, -0.25) is 0 Å². The van der Waals surface area contributed by atoms with Crippen LogP contribution in [0.1, 0.15) is 30.9 Å². The van der Waals surface area contributed by atoms with Gasteiger partial charge in [-0.05, 0) is 54.7 Å². The highest BCUT2D eigenvalue weighted by Crippen LogP contribution is 2.31. The van der Waals surface area contributed by atoms with Gasteiger partial charge in [0.2, 0.25) is 0 Å². The number of halogens is 3. The van der Waals surface area contributed by atoms with Gasteiger partial charge in [0, 0.05) is 16.7 Å². The Morgan fingerprint density at radius 2 is 1.38 bits per heavy atom. The summed E-state index contributed by atoms with van der Waals surface area (Å²) in [6, 6.07) is 15.0. The summed E-state index contributed by atoms with van der Waals surface area (Å²) in [4.78, 5) is 0. The van der Waals surface area contributed by atoms with Crippen LogP contribution < -0.4 is 0 Å². The Balaban J connectivity index is 1.92. The topological polar surface area (TPSA) is 0 Å². The molecule has 26 heavy (non-hydrogen) atoms. The molecule has 0 unspecified atom stereocenters. The van der Waals surface area contributed by atoms with E-state index in [1.165, 1.54) is 30.7 Å². The lowest BCUT2D eigenvalue weighted by atomic mass is 9.97. The molecule has 0 aliphatic carbocycles. The zero-order chi connectivity index (χ0) is 18.7.